The van der Waals surface area contributed by atoms with Crippen molar-refractivity contribution in [3.63, 3.8) is 0 Å². The molecule has 7 heteroatoms. The number of nitriles is 1. The summed E-state index contributed by atoms with van der Waals surface area (Å²) in [5.74, 6) is 0.0659. The smallest absolute Gasteiger partial charge is 0.255 e. The molecule has 2 fully saturated rings. The van der Waals surface area contributed by atoms with Crippen molar-refractivity contribution in [3.05, 3.63) is 35.5 Å². The Morgan fingerprint density at radius 3 is 2.60 bits per heavy atom. The van der Waals surface area contributed by atoms with Gasteiger partial charge in [-0.25, -0.2) is 0 Å². The summed E-state index contributed by atoms with van der Waals surface area (Å²) in [7, 11) is 3.85. The van der Waals surface area contributed by atoms with Gasteiger partial charge in [-0.1, -0.05) is 13.0 Å². The van der Waals surface area contributed by atoms with Crippen LogP contribution in [-0.2, 0) is 4.79 Å². The number of likely N-dealkylation sites (N-methyl/N-ethyl adjacent to an activating group) is 1. The zero-order valence-corrected chi connectivity index (χ0v) is 17.8. The minimum Gasteiger partial charge on any atom is -0.360 e. The van der Waals surface area contributed by atoms with E-state index in [2.05, 4.69) is 16.4 Å². The number of amides is 2. The van der Waals surface area contributed by atoms with Crippen molar-refractivity contribution in [1.82, 2.24) is 20.1 Å². The molecule has 2 N–H and O–H groups in total. The number of nitrogens with one attached hydrogen (secondary N) is 2. The standard InChI is InChI=1S/C23H29N5O2/c1-4-20(27(2)3)22(29)26-15-10-16-8-9-17(11-15)28(16)23(30)18-6-5-7-19-21(18)14(12-24)13-25-19/h5-7,13,15-17,20,25H,4,8-11H2,1-3H3,(H,26,29)/t15?,16-,17+,20?. The molecule has 2 saturated heterocycles. The lowest BCUT2D eigenvalue weighted by atomic mass is 9.95. The van der Waals surface area contributed by atoms with Gasteiger partial charge in [-0.15, -0.1) is 0 Å². The molecule has 0 saturated carbocycles. The minimum atomic E-state index is -0.127. The Morgan fingerprint density at radius 2 is 2.00 bits per heavy atom. The highest BCUT2D eigenvalue weighted by Crippen LogP contribution is 2.38. The fourth-order valence-electron chi connectivity index (χ4n) is 5.30. The van der Waals surface area contributed by atoms with Crippen LogP contribution < -0.4 is 5.32 Å². The summed E-state index contributed by atoms with van der Waals surface area (Å²) in [6, 6.07) is 7.97. The number of aromatic amines is 1. The zero-order valence-electron chi connectivity index (χ0n) is 17.8. The molecule has 30 heavy (non-hydrogen) atoms. The molecule has 0 radical (unpaired) electrons. The molecule has 2 aliphatic rings. The third-order valence-corrected chi connectivity index (χ3v) is 6.68. The van der Waals surface area contributed by atoms with E-state index in [9.17, 15) is 14.9 Å². The summed E-state index contributed by atoms with van der Waals surface area (Å²) in [6.07, 6.45) is 5.92. The number of fused-ring (bicyclic) bond motifs is 3. The molecule has 4 rings (SSSR count). The van der Waals surface area contributed by atoms with Gasteiger partial charge in [-0.05, 0) is 58.3 Å². The number of H-pyrrole nitrogens is 1. The van der Waals surface area contributed by atoms with Crippen LogP contribution in [-0.4, -0.2) is 64.9 Å². The Morgan fingerprint density at radius 1 is 1.30 bits per heavy atom. The van der Waals surface area contributed by atoms with Gasteiger partial charge >= 0.3 is 0 Å². The second kappa shape index (κ2) is 8.11. The fraction of sp³-hybridized carbons (Fsp3) is 0.522. The third kappa shape index (κ3) is 3.46. The molecular formula is C23H29N5O2. The molecule has 2 amide bonds. The first kappa shape index (κ1) is 20.4. The molecule has 0 aliphatic carbocycles. The number of rotatable bonds is 5. The fourth-order valence-corrected chi connectivity index (χ4v) is 5.30. The zero-order chi connectivity index (χ0) is 21.4. The minimum absolute atomic E-state index is 0.00583. The Bertz CT molecular complexity index is 991. The highest BCUT2D eigenvalue weighted by atomic mass is 16.2. The summed E-state index contributed by atoms with van der Waals surface area (Å²) in [6.45, 7) is 2.02. The molecule has 2 aromatic rings. The van der Waals surface area contributed by atoms with Crippen LogP contribution in [0.25, 0.3) is 10.9 Å². The lowest BCUT2D eigenvalue weighted by Gasteiger charge is -2.40. The Labute approximate surface area is 177 Å². The number of piperidine rings is 1. The summed E-state index contributed by atoms with van der Waals surface area (Å²) in [5, 5.41) is 13.4. The lowest BCUT2D eigenvalue weighted by Crippen LogP contribution is -2.55. The highest BCUT2D eigenvalue weighted by Gasteiger charge is 2.44. The van der Waals surface area contributed by atoms with Gasteiger partial charge in [0.05, 0.1) is 17.2 Å². The van der Waals surface area contributed by atoms with Gasteiger partial charge < -0.3 is 15.2 Å². The number of hydrogen-bond donors (Lipinski definition) is 2. The molecule has 7 nitrogen and oxygen atoms in total. The van der Waals surface area contributed by atoms with Gasteiger partial charge in [-0.3, -0.25) is 14.5 Å². The van der Waals surface area contributed by atoms with Crippen LogP contribution in [0.5, 0.6) is 0 Å². The van der Waals surface area contributed by atoms with Crippen LogP contribution >= 0.6 is 0 Å². The van der Waals surface area contributed by atoms with E-state index >= 15 is 0 Å². The van der Waals surface area contributed by atoms with E-state index in [0.717, 1.165) is 37.6 Å². The molecule has 4 atom stereocenters. The number of benzene rings is 1. The first-order chi connectivity index (χ1) is 14.4. The third-order valence-electron chi connectivity index (χ3n) is 6.68. The number of carbonyl (C=O) groups is 2. The van der Waals surface area contributed by atoms with Gasteiger partial charge in [0, 0.05) is 35.2 Å². The SMILES string of the molecule is CCC(C(=O)NC1C[C@H]2CC[C@@H](C1)N2C(=O)c1cccc2[nH]cc(C#N)c12)N(C)C. The maximum absolute atomic E-state index is 13.5. The van der Waals surface area contributed by atoms with Crippen molar-refractivity contribution >= 4 is 22.7 Å². The number of carbonyl (C=O) groups excluding carboxylic acids is 2. The van der Waals surface area contributed by atoms with Crippen molar-refractivity contribution < 1.29 is 9.59 Å². The van der Waals surface area contributed by atoms with Crippen LogP contribution in [0.3, 0.4) is 0 Å². The number of hydrogen-bond acceptors (Lipinski definition) is 4. The number of nitrogens with zero attached hydrogens (tertiary/aromatic N) is 3. The maximum atomic E-state index is 13.5. The van der Waals surface area contributed by atoms with Crippen LogP contribution in [0.15, 0.2) is 24.4 Å². The van der Waals surface area contributed by atoms with E-state index in [4.69, 9.17) is 0 Å². The van der Waals surface area contributed by atoms with E-state index < -0.39 is 0 Å². The molecule has 1 aromatic carbocycles. The summed E-state index contributed by atoms with van der Waals surface area (Å²) in [4.78, 5) is 33.2. The quantitative estimate of drug-likeness (QED) is 0.797. The molecule has 2 bridgehead atoms. The molecular weight excluding hydrogens is 378 g/mol. The largest absolute Gasteiger partial charge is 0.360 e. The molecule has 3 heterocycles. The van der Waals surface area contributed by atoms with E-state index in [0.29, 0.717) is 16.5 Å². The van der Waals surface area contributed by atoms with Crippen LogP contribution in [0.1, 0.15) is 54.9 Å². The average Bonchev–Trinajstić information content (AvgIpc) is 3.26. The highest BCUT2D eigenvalue weighted by molar-refractivity contribution is 6.08. The summed E-state index contributed by atoms with van der Waals surface area (Å²) < 4.78 is 0. The summed E-state index contributed by atoms with van der Waals surface area (Å²) >= 11 is 0. The van der Waals surface area contributed by atoms with Crippen molar-refractivity contribution in [3.8, 4) is 6.07 Å². The van der Waals surface area contributed by atoms with Gasteiger partial charge in [0.1, 0.15) is 6.07 Å². The second-order valence-electron chi connectivity index (χ2n) is 8.70. The predicted octanol–water partition coefficient (Wildman–Crippen LogP) is 2.63. The second-order valence-corrected chi connectivity index (χ2v) is 8.70. The van der Waals surface area contributed by atoms with Crippen LogP contribution in [0.4, 0.5) is 0 Å². The Balaban J connectivity index is 1.52. The van der Waals surface area contributed by atoms with E-state index in [-0.39, 0.29) is 36.0 Å². The van der Waals surface area contributed by atoms with Gasteiger partial charge in [-0.2, -0.15) is 5.26 Å². The molecule has 1 aromatic heterocycles. The maximum Gasteiger partial charge on any atom is 0.255 e. The van der Waals surface area contributed by atoms with Crippen LogP contribution in [0, 0.1) is 11.3 Å². The van der Waals surface area contributed by atoms with Crippen molar-refractivity contribution in [1.29, 1.82) is 5.26 Å². The Hall–Kier alpha value is -2.85. The Kier molecular flexibility index (Phi) is 5.52. The van der Waals surface area contributed by atoms with E-state index in [1.54, 1.807) is 6.20 Å². The number of aromatic nitrogens is 1. The van der Waals surface area contributed by atoms with Crippen molar-refractivity contribution in [2.75, 3.05) is 14.1 Å². The molecule has 0 spiro atoms. The monoisotopic (exact) mass is 407 g/mol. The first-order valence-electron chi connectivity index (χ1n) is 10.7. The van der Waals surface area contributed by atoms with Gasteiger partial charge in [0.2, 0.25) is 5.91 Å². The first-order valence-corrected chi connectivity index (χ1v) is 10.7. The normalized spacial score (nSPS) is 24.1. The molecule has 2 aliphatic heterocycles. The van der Waals surface area contributed by atoms with Crippen molar-refractivity contribution in [2.24, 2.45) is 0 Å². The van der Waals surface area contributed by atoms with E-state index in [1.807, 2.05) is 49.0 Å². The lowest BCUT2D eigenvalue weighted by molar-refractivity contribution is -0.126. The topological polar surface area (TPSA) is 92.2 Å². The molecule has 2 unspecified atom stereocenters. The van der Waals surface area contributed by atoms with E-state index in [1.165, 1.54) is 0 Å². The van der Waals surface area contributed by atoms with Crippen molar-refractivity contribution in [2.45, 2.75) is 63.2 Å². The van der Waals surface area contributed by atoms with Gasteiger partial charge in [0.25, 0.3) is 5.91 Å². The predicted molar refractivity (Wildman–Crippen MR) is 115 cm³/mol. The van der Waals surface area contributed by atoms with Gasteiger partial charge in [0.15, 0.2) is 0 Å². The molecule has 158 valence electrons. The summed E-state index contributed by atoms with van der Waals surface area (Å²) in [5.41, 5.74) is 1.89. The van der Waals surface area contributed by atoms with Crippen LogP contribution in [0.2, 0.25) is 0 Å². The average molecular weight is 408 g/mol.